The summed E-state index contributed by atoms with van der Waals surface area (Å²) < 4.78 is 1.88. The Hall–Kier alpha value is -0.940. The Morgan fingerprint density at radius 3 is 2.56 bits per heavy atom. The first kappa shape index (κ1) is 13.5. The monoisotopic (exact) mass is 252 g/mol. The molecule has 0 amide bonds. The van der Waals surface area contributed by atoms with Crippen LogP contribution in [0.15, 0.2) is 6.20 Å². The highest BCUT2D eigenvalue weighted by Crippen LogP contribution is 2.29. The molecule has 0 aromatic carbocycles. The third-order valence-corrected chi connectivity index (χ3v) is 3.74. The molecule has 1 saturated carbocycles. The number of rotatable bonds is 4. The minimum Gasteiger partial charge on any atom is -0.394 e. The molecule has 1 fully saturated rings. The van der Waals surface area contributed by atoms with Crippen molar-refractivity contribution in [2.45, 2.75) is 64.1 Å². The standard InChI is InChI=1S/C13H24N4O/c1-12(2,3)17-9-11(15-16-17)8-14-13(10-18)6-4-5-7-13/h9,14,18H,4-8,10H2,1-3H3. The number of nitrogens with zero attached hydrogens (tertiary/aromatic N) is 3. The number of hydrogen-bond donors (Lipinski definition) is 2. The number of aromatic nitrogens is 3. The molecule has 5 heteroatoms. The van der Waals surface area contributed by atoms with Gasteiger partial charge in [0.25, 0.3) is 0 Å². The first-order valence-corrected chi connectivity index (χ1v) is 6.73. The minimum atomic E-state index is -0.0918. The maximum absolute atomic E-state index is 9.53. The second kappa shape index (κ2) is 4.97. The molecule has 0 bridgehead atoms. The minimum absolute atomic E-state index is 0.0345. The lowest BCUT2D eigenvalue weighted by atomic mass is 9.99. The van der Waals surface area contributed by atoms with Crippen LogP contribution < -0.4 is 5.32 Å². The zero-order chi connectivity index (χ0) is 13.2. The Morgan fingerprint density at radius 2 is 2.06 bits per heavy atom. The topological polar surface area (TPSA) is 63.0 Å². The lowest BCUT2D eigenvalue weighted by Crippen LogP contribution is -2.45. The highest BCUT2D eigenvalue weighted by atomic mass is 16.3. The molecule has 1 aromatic rings. The van der Waals surface area contributed by atoms with Crippen molar-refractivity contribution in [2.75, 3.05) is 6.61 Å². The van der Waals surface area contributed by atoms with E-state index in [4.69, 9.17) is 0 Å². The molecule has 1 heterocycles. The second-order valence-corrected chi connectivity index (χ2v) is 6.32. The van der Waals surface area contributed by atoms with Crippen molar-refractivity contribution in [2.24, 2.45) is 0 Å². The molecular weight excluding hydrogens is 228 g/mol. The lowest BCUT2D eigenvalue weighted by molar-refractivity contribution is 0.162. The van der Waals surface area contributed by atoms with Gasteiger partial charge in [0.1, 0.15) is 0 Å². The summed E-state index contributed by atoms with van der Waals surface area (Å²) in [6.07, 6.45) is 6.48. The van der Waals surface area contributed by atoms with Crippen LogP contribution in [0.1, 0.15) is 52.1 Å². The molecular formula is C13H24N4O. The predicted molar refractivity (Wildman–Crippen MR) is 70.1 cm³/mol. The molecule has 0 atom stereocenters. The SMILES string of the molecule is CC(C)(C)n1cc(CNC2(CO)CCCC2)nn1. The third kappa shape index (κ3) is 2.90. The maximum Gasteiger partial charge on any atom is 0.0965 e. The van der Waals surface area contributed by atoms with Crippen molar-refractivity contribution in [1.82, 2.24) is 20.3 Å². The molecule has 1 aliphatic rings. The fraction of sp³-hybridized carbons (Fsp3) is 0.846. The Morgan fingerprint density at radius 1 is 1.39 bits per heavy atom. The zero-order valence-corrected chi connectivity index (χ0v) is 11.6. The van der Waals surface area contributed by atoms with Crippen LogP contribution in [0.2, 0.25) is 0 Å². The van der Waals surface area contributed by atoms with E-state index in [2.05, 4.69) is 36.4 Å². The second-order valence-electron chi connectivity index (χ2n) is 6.32. The van der Waals surface area contributed by atoms with E-state index in [1.807, 2.05) is 10.9 Å². The molecule has 5 nitrogen and oxygen atoms in total. The van der Waals surface area contributed by atoms with Crippen LogP contribution in [0.5, 0.6) is 0 Å². The van der Waals surface area contributed by atoms with Crippen molar-refractivity contribution in [3.05, 3.63) is 11.9 Å². The number of aliphatic hydroxyl groups is 1. The van der Waals surface area contributed by atoms with Crippen molar-refractivity contribution in [3.63, 3.8) is 0 Å². The van der Waals surface area contributed by atoms with Gasteiger partial charge in [-0.25, -0.2) is 4.68 Å². The van der Waals surface area contributed by atoms with Gasteiger partial charge < -0.3 is 10.4 Å². The van der Waals surface area contributed by atoms with Gasteiger partial charge in [-0.15, -0.1) is 5.10 Å². The summed E-state index contributed by atoms with van der Waals surface area (Å²) in [5.74, 6) is 0. The Bertz CT molecular complexity index is 388. The van der Waals surface area contributed by atoms with E-state index in [9.17, 15) is 5.11 Å². The molecule has 0 radical (unpaired) electrons. The summed E-state index contributed by atoms with van der Waals surface area (Å²) in [4.78, 5) is 0. The van der Waals surface area contributed by atoms with Crippen LogP contribution in [0.25, 0.3) is 0 Å². The van der Waals surface area contributed by atoms with Gasteiger partial charge in [-0.3, -0.25) is 0 Å². The summed E-state index contributed by atoms with van der Waals surface area (Å²) in [6.45, 7) is 7.19. The molecule has 1 aromatic heterocycles. The summed E-state index contributed by atoms with van der Waals surface area (Å²) in [7, 11) is 0. The molecule has 0 saturated heterocycles. The van der Waals surface area contributed by atoms with Gasteiger partial charge in [-0.2, -0.15) is 0 Å². The fourth-order valence-electron chi connectivity index (χ4n) is 2.43. The molecule has 2 rings (SSSR count). The quantitative estimate of drug-likeness (QED) is 0.851. The van der Waals surface area contributed by atoms with Gasteiger partial charge in [0, 0.05) is 12.1 Å². The van der Waals surface area contributed by atoms with Gasteiger partial charge in [-0.1, -0.05) is 18.1 Å². The summed E-state index contributed by atoms with van der Waals surface area (Å²) in [5, 5.41) is 21.3. The van der Waals surface area contributed by atoms with Gasteiger partial charge in [0.2, 0.25) is 0 Å². The van der Waals surface area contributed by atoms with Crippen molar-refractivity contribution >= 4 is 0 Å². The fourth-order valence-corrected chi connectivity index (χ4v) is 2.43. The van der Waals surface area contributed by atoms with E-state index >= 15 is 0 Å². The average Bonchev–Trinajstić information content (AvgIpc) is 2.96. The summed E-state index contributed by atoms with van der Waals surface area (Å²) in [5.41, 5.74) is 0.809. The van der Waals surface area contributed by atoms with Crippen LogP contribution >= 0.6 is 0 Å². The largest absolute Gasteiger partial charge is 0.394 e. The van der Waals surface area contributed by atoms with Crippen LogP contribution in [-0.2, 0) is 12.1 Å². The molecule has 1 aliphatic carbocycles. The Labute approximate surface area is 109 Å². The average molecular weight is 252 g/mol. The van der Waals surface area contributed by atoms with E-state index in [0.717, 1.165) is 18.5 Å². The van der Waals surface area contributed by atoms with Crippen LogP contribution in [-0.4, -0.2) is 32.2 Å². The molecule has 18 heavy (non-hydrogen) atoms. The Kier molecular flexibility index (Phi) is 3.73. The normalized spacial score (nSPS) is 19.3. The van der Waals surface area contributed by atoms with E-state index in [1.165, 1.54) is 12.8 Å². The smallest absolute Gasteiger partial charge is 0.0965 e. The zero-order valence-electron chi connectivity index (χ0n) is 11.6. The van der Waals surface area contributed by atoms with Crippen molar-refractivity contribution in [1.29, 1.82) is 0 Å². The third-order valence-electron chi connectivity index (χ3n) is 3.74. The van der Waals surface area contributed by atoms with Gasteiger partial charge in [0.05, 0.1) is 24.0 Å². The highest BCUT2D eigenvalue weighted by Gasteiger charge is 2.32. The molecule has 2 N–H and O–H groups in total. The van der Waals surface area contributed by atoms with Crippen molar-refractivity contribution in [3.8, 4) is 0 Å². The predicted octanol–water partition coefficient (Wildman–Crippen LogP) is 1.43. The van der Waals surface area contributed by atoms with Gasteiger partial charge in [0.15, 0.2) is 0 Å². The van der Waals surface area contributed by atoms with E-state index in [0.29, 0.717) is 6.54 Å². The van der Waals surface area contributed by atoms with Crippen LogP contribution in [0.4, 0.5) is 0 Å². The number of nitrogens with one attached hydrogen (secondary N) is 1. The van der Waals surface area contributed by atoms with Crippen LogP contribution in [0.3, 0.4) is 0 Å². The number of hydrogen-bond acceptors (Lipinski definition) is 4. The van der Waals surface area contributed by atoms with E-state index < -0.39 is 0 Å². The molecule has 102 valence electrons. The summed E-state index contributed by atoms with van der Waals surface area (Å²) in [6, 6.07) is 0. The van der Waals surface area contributed by atoms with E-state index in [1.54, 1.807) is 0 Å². The molecule has 0 spiro atoms. The molecule has 0 unspecified atom stereocenters. The first-order chi connectivity index (χ1) is 8.45. The van der Waals surface area contributed by atoms with E-state index in [-0.39, 0.29) is 17.7 Å². The van der Waals surface area contributed by atoms with Crippen LogP contribution in [0, 0.1) is 0 Å². The lowest BCUT2D eigenvalue weighted by Gasteiger charge is -2.27. The molecule has 0 aliphatic heterocycles. The Balaban J connectivity index is 1.96. The van der Waals surface area contributed by atoms with Gasteiger partial charge >= 0.3 is 0 Å². The van der Waals surface area contributed by atoms with Crippen molar-refractivity contribution < 1.29 is 5.11 Å². The number of aliphatic hydroxyl groups excluding tert-OH is 1. The maximum atomic E-state index is 9.53. The van der Waals surface area contributed by atoms with Gasteiger partial charge in [-0.05, 0) is 33.6 Å². The summed E-state index contributed by atoms with van der Waals surface area (Å²) >= 11 is 0. The highest BCUT2D eigenvalue weighted by molar-refractivity contribution is 4.99. The first-order valence-electron chi connectivity index (χ1n) is 6.73.